The van der Waals surface area contributed by atoms with Crippen LogP contribution < -0.4 is 0 Å². The molecule has 0 bridgehead atoms. The predicted molar refractivity (Wildman–Crippen MR) is 75.2 cm³/mol. The van der Waals surface area contributed by atoms with Gasteiger partial charge < -0.3 is 10.0 Å². The number of phenols is 1. The summed E-state index contributed by atoms with van der Waals surface area (Å²) in [5.74, 6) is 0.321. The summed E-state index contributed by atoms with van der Waals surface area (Å²) in [4.78, 5) is 14.2. The van der Waals surface area contributed by atoms with Crippen LogP contribution in [0, 0.1) is 0 Å². The fourth-order valence-corrected chi connectivity index (χ4v) is 2.94. The van der Waals surface area contributed by atoms with E-state index in [1.807, 2.05) is 0 Å². The lowest BCUT2D eigenvalue weighted by Crippen LogP contribution is -2.44. The molecule has 3 nitrogen and oxygen atoms in total. The molecule has 0 spiro atoms. The number of piperidine rings is 1. The maximum absolute atomic E-state index is 12.4. The average Bonchev–Trinajstić information content (AvgIpc) is 2.40. The lowest BCUT2D eigenvalue weighted by molar-refractivity contribution is 0.0636. The Bertz CT molecular complexity index is 453. The minimum absolute atomic E-state index is 0.0158. The lowest BCUT2D eigenvalue weighted by Gasteiger charge is -2.34. The fourth-order valence-electron chi connectivity index (χ4n) is 2.26. The van der Waals surface area contributed by atoms with E-state index in [1.54, 1.807) is 17.0 Å². The first-order valence-corrected chi connectivity index (χ1v) is 7.31. The second kappa shape index (κ2) is 5.93. The third-order valence-corrected chi connectivity index (χ3v) is 4.10. The minimum atomic E-state index is -0.140. The van der Waals surface area contributed by atoms with Crippen molar-refractivity contribution >= 4 is 33.4 Å². The number of carbonyl (C=O) groups excluding carboxylic acids is 1. The number of likely N-dealkylation sites (tertiary alicyclic amines) is 1. The van der Waals surface area contributed by atoms with Crippen LogP contribution in [0.3, 0.4) is 0 Å². The van der Waals surface area contributed by atoms with Gasteiger partial charge in [0.2, 0.25) is 0 Å². The number of aromatic hydroxyl groups is 1. The molecule has 5 heteroatoms. The molecule has 1 fully saturated rings. The van der Waals surface area contributed by atoms with Crippen molar-refractivity contribution in [3.05, 3.63) is 28.2 Å². The Morgan fingerprint density at radius 1 is 1.50 bits per heavy atom. The Morgan fingerprint density at radius 2 is 2.28 bits per heavy atom. The van der Waals surface area contributed by atoms with Gasteiger partial charge in [0.25, 0.3) is 5.91 Å². The zero-order valence-corrected chi connectivity index (χ0v) is 12.2. The number of hydrogen-bond donors (Lipinski definition) is 1. The quantitative estimate of drug-likeness (QED) is 0.843. The molecule has 18 heavy (non-hydrogen) atoms. The van der Waals surface area contributed by atoms with Gasteiger partial charge >= 0.3 is 0 Å². The summed E-state index contributed by atoms with van der Waals surface area (Å²) < 4.78 is 0.781. The van der Waals surface area contributed by atoms with E-state index >= 15 is 0 Å². The van der Waals surface area contributed by atoms with Crippen LogP contribution in [0.5, 0.6) is 5.75 Å². The predicted octanol–water partition coefficient (Wildman–Crippen LogP) is 3.39. The molecule has 0 saturated carbocycles. The zero-order chi connectivity index (χ0) is 13.1. The van der Waals surface area contributed by atoms with E-state index < -0.39 is 0 Å². The van der Waals surface area contributed by atoms with Crippen molar-refractivity contribution in [2.45, 2.75) is 25.3 Å². The molecule has 1 aromatic carbocycles. The van der Waals surface area contributed by atoms with Crippen LogP contribution in [-0.2, 0) is 0 Å². The van der Waals surface area contributed by atoms with Crippen molar-refractivity contribution in [1.29, 1.82) is 0 Å². The van der Waals surface area contributed by atoms with Gasteiger partial charge in [-0.25, -0.2) is 0 Å². The topological polar surface area (TPSA) is 40.5 Å². The van der Waals surface area contributed by atoms with Gasteiger partial charge in [0.05, 0.1) is 5.56 Å². The highest BCUT2D eigenvalue weighted by atomic mass is 79.9. The summed E-state index contributed by atoms with van der Waals surface area (Å²) in [6.07, 6.45) is 3.03. The van der Waals surface area contributed by atoms with Crippen LogP contribution in [0.1, 0.15) is 29.6 Å². The van der Waals surface area contributed by atoms with Gasteiger partial charge in [0.1, 0.15) is 5.75 Å². The smallest absolute Gasteiger partial charge is 0.257 e. The molecule has 1 atom stereocenters. The van der Waals surface area contributed by atoms with E-state index in [9.17, 15) is 9.90 Å². The molecule has 1 saturated heterocycles. The first kappa shape index (κ1) is 13.7. The Kier molecular flexibility index (Phi) is 4.51. The van der Waals surface area contributed by atoms with Crippen LogP contribution in [-0.4, -0.2) is 34.4 Å². The Hall–Kier alpha value is -0.740. The number of carbonyl (C=O) groups is 1. The molecule has 0 aromatic heterocycles. The molecule has 98 valence electrons. The Balaban J connectivity index is 2.26. The largest absolute Gasteiger partial charge is 0.507 e. The van der Waals surface area contributed by atoms with Crippen LogP contribution >= 0.6 is 27.5 Å². The average molecular weight is 333 g/mol. The summed E-state index contributed by atoms with van der Waals surface area (Å²) in [6, 6.07) is 4.96. The van der Waals surface area contributed by atoms with E-state index in [-0.39, 0.29) is 17.7 Å². The van der Waals surface area contributed by atoms with Crippen molar-refractivity contribution in [2.75, 3.05) is 12.4 Å². The summed E-state index contributed by atoms with van der Waals surface area (Å²) in [6.45, 7) is 0.710. The van der Waals surface area contributed by atoms with Gasteiger partial charge in [-0.05, 0) is 37.5 Å². The van der Waals surface area contributed by atoms with Crippen molar-refractivity contribution in [3.8, 4) is 5.75 Å². The van der Waals surface area contributed by atoms with Gasteiger partial charge in [-0.2, -0.15) is 0 Å². The summed E-state index contributed by atoms with van der Waals surface area (Å²) in [7, 11) is 0. The third kappa shape index (κ3) is 2.81. The summed E-state index contributed by atoms with van der Waals surface area (Å²) >= 11 is 9.22. The Labute approximate surface area is 120 Å². The van der Waals surface area contributed by atoms with E-state index in [2.05, 4.69) is 15.9 Å². The van der Waals surface area contributed by atoms with E-state index in [0.29, 0.717) is 18.0 Å². The molecule has 2 rings (SSSR count). The van der Waals surface area contributed by atoms with Gasteiger partial charge in [-0.3, -0.25) is 4.79 Å². The molecule has 1 heterocycles. The second-order valence-corrected chi connectivity index (χ2v) is 5.69. The maximum Gasteiger partial charge on any atom is 0.257 e. The van der Waals surface area contributed by atoms with Crippen molar-refractivity contribution in [1.82, 2.24) is 4.90 Å². The van der Waals surface area contributed by atoms with Gasteiger partial charge in [-0.1, -0.05) is 15.9 Å². The first-order chi connectivity index (χ1) is 8.63. The Morgan fingerprint density at radius 3 is 3.00 bits per heavy atom. The van der Waals surface area contributed by atoms with Crippen LogP contribution in [0.4, 0.5) is 0 Å². The van der Waals surface area contributed by atoms with Gasteiger partial charge in [0.15, 0.2) is 0 Å². The van der Waals surface area contributed by atoms with Crippen LogP contribution in [0.15, 0.2) is 22.7 Å². The molecular weight excluding hydrogens is 318 g/mol. The number of alkyl halides is 1. The minimum Gasteiger partial charge on any atom is -0.507 e. The maximum atomic E-state index is 12.4. The van der Waals surface area contributed by atoms with E-state index in [4.69, 9.17) is 11.6 Å². The molecule has 1 aromatic rings. The lowest BCUT2D eigenvalue weighted by atomic mass is 10.0. The van der Waals surface area contributed by atoms with Crippen molar-refractivity contribution < 1.29 is 9.90 Å². The third-order valence-electron chi connectivity index (χ3n) is 3.26. The summed E-state index contributed by atoms with van der Waals surface area (Å²) in [5.41, 5.74) is 0.335. The normalized spacial score (nSPS) is 19.9. The van der Waals surface area contributed by atoms with Crippen LogP contribution in [0.25, 0.3) is 0 Å². The fraction of sp³-hybridized carbons (Fsp3) is 0.462. The molecule has 1 unspecified atom stereocenters. The monoisotopic (exact) mass is 331 g/mol. The number of rotatable bonds is 2. The molecule has 1 aliphatic heterocycles. The molecule has 0 radical (unpaired) electrons. The number of amides is 1. The number of halogens is 2. The SMILES string of the molecule is O=C(c1cc(Br)ccc1O)N1CCCCC1CCl. The molecule has 1 N–H and O–H groups in total. The highest BCUT2D eigenvalue weighted by Gasteiger charge is 2.28. The number of nitrogens with zero attached hydrogens (tertiary/aromatic N) is 1. The van der Waals surface area contributed by atoms with Crippen molar-refractivity contribution in [3.63, 3.8) is 0 Å². The number of phenolic OH excluding ortho intramolecular Hbond substituents is 1. The van der Waals surface area contributed by atoms with Gasteiger partial charge in [-0.15, -0.1) is 11.6 Å². The zero-order valence-electron chi connectivity index (χ0n) is 9.90. The number of benzene rings is 1. The van der Waals surface area contributed by atoms with E-state index in [0.717, 1.165) is 23.7 Å². The molecule has 1 amide bonds. The number of hydrogen-bond acceptors (Lipinski definition) is 2. The first-order valence-electron chi connectivity index (χ1n) is 5.99. The molecular formula is C13H15BrClNO2. The van der Waals surface area contributed by atoms with Crippen molar-refractivity contribution in [2.24, 2.45) is 0 Å². The molecule has 1 aliphatic rings. The molecule has 0 aliphatic carbocycles. The standard InChI is InChI=1S/C13H15BrClNO2/c14-9-4-5-12(17)11(7-9)13(18)16-6-2-1-3-10(16)8-15/h4-5,7,10,17H,1-3,6,8H2. The van der Waals surface area contributed by atoms with Gasteiger partial charge in [0, 0.05) is 22.9 Å². The van der Waals surface area contributed by atoms with Crippen LogP contribution in [0.2, 0.25) is 0 Å². The van der Waals surface area contributed by atoms with E-state index in [1.165, 1.54) is 6.07 Å². The second-order valence-electron chi connectivity index (χ2n) is 4.46. The highest BCUT2D eigenvalue weighted by Crippen LogP contribution is 2.26. The summed E-state index contributed by atoms with van der Waals surface area (Å²) in [5, 5.41) is 9.79. The highest BCUT2D eigenvalue weighted by molar-refractivity contribution is 9.10.